The summed E-state index contributed by atoms with van der Waals surface area (Å²) in [5.41, 5.74) is 0. The lowest BCUT2D eigenvalue weighted by molar-refractivity contribution is -0.123. The predicted molar refractivity (Wildman–Crippen MR) is 244 cm³/mol. The first-order valence-corrected chi connectivity index (χ1v) is 24.7. The van der Waals surface area contributed by atoms with Gasteiger partial charge >= 0.3 is 0 Å². The smallest absolute Gasteiger partial charge is 0.220 e. The zero-order valence-corrected chi connectivity index (χ0v) is 37.2. The number of allylic oxidation sites excluding steroid dienone is 5. The molecule has 0 heterocycles. The van der Waals surface area contributed by atoms with Crippen LogP contribution in [0.2, 0.25) is 0 Å². The topological polar surface area (TPSA) is 69.6 Å². The van der Waals surface area contributed by atoms with E-state index in [0.717, 1.165) is 32.1 Å². The summed E-state index contributed by atoms with van der Waals surface area (Å²) in [5, 5.41) is 23.0. The zero-order valence-electron chi connectivity index (χ0n) is 37.2. The standard InChI is InChI=1S/C51H97NO3/c1-3-5-7-9-11-13-15-17-19-20-21-22-23-24-25-26-27-28-29-30-31-32-33-35-37-39-41-43-45-47-51(55)52-49(48-53)50(54)46-44-42-40-38-36-34-18-16-14-12-10-8-6-4-2/h20-21,36,38,44,46,49-50,53-54H,3-19,22-35,37,39-43,45,47-48H2,1-2H3,(H,52,55)/b21-20-,38-36+,46-44+. The quantitative estimate of drug-likeness (QED) is 0.0426. The van der Waals surface area contributed by atoms with Crippen LogP contribution >= 0.6 is 0 Å². The van der Waals surface area contributed by atoms with Crippen LogP contribution in [0, 0.1) is 0 Å². The maximum atomic E-state index is 12.4. The van der Waals surface area contributed by atoms with Crippen LogP contribution in [-0.2, 0) is 4.79 Å². The monoisotopic (exact) mass is 772 g/mol. The van der Waals surface area contributed by atoms with Crippen molar-refractivity contribution in [2.75, 3.05) is 6.61 Å². The van der Waals surface area contributed by atoms with Gasteiger partial charge < -0.3 is 15.5 Å². The Bertz CT molecular complexity index is 836. The molecule has 0 radical (unpaired) electrons. The van der Waals surface area contributed by atoms with Gasteiger partial charge in [-0.15, -0.1) is 0 Å². The summed E-state index contributed by atoms with van der Waals surface area (Å²) in [4.78, 5) is 12.4. The minimum atomic E-state index is -0.859. The summed E-state index contributed by atoms with van der Waals surface area (Å²) >= 11 is 0. The molecular formula is C51H97NO3. The number of nitrogens with one attached hydrogen (secondary N) is 1. The van der Waals surface area contributed by atoms with E-state index < -0.39 is 12.1 Å². The molecular weight excluding hydrogens is 675 g/mol. The number of hydrogen-bond acceptors (Lipinski definition) is 3. The molecule has 0 aromatic rings. The molecule has 0 aliphatic heterocycles. The van der Waals surface area contributed by atoms with Crippen molar-refractivity contribution in [1.29, 1.82) is 0 Å². The normalized spacial score (nSPS) is 13.2. The number of hydrogen-bond donors (Lipinski definition) is 3. The molecule has 3 N–H and O–H groups in total. The molecule has 0 aliphatic carbocycles. The van der Waals surface area contributed by atoms with Gasteiger partial charge in [-0.1, -0.05) is 237 Å². The van der Waals surface area contributed by atoms with Crippen LogP contribution in [0.25, 0.3) is 0 Å². The molecule has 324 valence electrons. The maximum absolute atomic E-state index is 12.4. The summed E-state index contributed by atoms with van der Waals surface area (Å²) in [6, 6.07) is -0.636. The van der Waals surface area contributed by atoms with E-state index in [1.807, 2.05) is 6.08 Å². The largest absolute Gasteiger partial charge is 0.394 e. The van der Waals surface area contributed by atoms with Gasteiger partial charge in [0.15, 0.2) is 0 Å². The van der Waals surface area contributed by atoms with Gasteiger partial charge in [0.2, 0.25) is 5.91 Å². The third-order valence-electron chi connectivity index (χ3n) is 11.3. The Morgan fingerprint density at radius 1 is 0.418 bits per heavy atom. The molecule has 2 unspecified atom stereocenters. The molecule has 0 saturated heterocycles. The fourth-order valence-electron chi connectivity index (χ4n) is 7.54. The highest BCUT2D eigenvalue weighted by Crippen LogP contribution is 2.16. The third kappa shape index (κ3) is 43.6. The SMILES string of the molecule is CCCCCCCCCC/C=C\CCCCCCCCCCCCCCCCCCCC(=O)NC(CO)C(O)/C=C/CC/C=C/CCCCCCCCCC. The Labute approximate surface area is 344 Å². The second-order valence-electron chi connectivity index (χ2n) is 16.9. The molecule has 4 nitrogen and oxygen atoms in total. The van der Waals surface area contributed by atoms with Gasteiger partial charge in [-0.25, -0.2) is 0 Å². The number of aliphatic hydroxyl groups excluding tert-OH is 2. The van der Waals surface area contributed by atoms with Crippen LogP contribution in [0.15, 0.2) is 36.5 Å². The molecule has 0 aromatic carbocycles. The fraction of sp³-hybridized carbons (Fsp3) is 0.863. The van der Waals surface area contributed by atoms with Gasteiger partial charge in [0, 0.05) is 6.42 Å². The highest BCUT2D eigenvalue weighted by atomic mass is 16.3. The van der Waals surface area contributed by atoms with Crippen LogP contribution in [-0.4, -0.2) is 34.9 Å². The van der Waals surface area contributed by atoms with Gasteiger partial charge in [0.1, 0.15) is 0 Å². The van der Waals surface area contributed by atoms with Crippen LogP contribution in [0.3, 0.4) is 0 Å². The zero-order chi connectivity index (χ0) is 40.0. The second-order valence-corrected chi connectivity index (χ2v) is 16.9. The highest BCUT2D eigenvalue weighted by Gasteiger charge is 2.17. The molecule has 2 atom stereocenters. The van der Waals surface area contributed by atoms with Crippen LogP contribution in [0.5, 0.6) is 0 Å². The molecule has 0 rings (SSSR count). The van der Waals surface area contributed by atoms with Crippen molar-refractivity contribution in [3.8, 4) is 0 Å². The van der Waals surface area contributed by atoms with Crippen molar-refractivity contribution in [2.45, 2.75) is 276 Å². The molecule has 0 bridgehead atoms. The van der Waals surface area contributed by atoms with Gasteiger partial charge in [0.25, 0.3) is 0 Å². The molecule has 4 heteroatoms. The van der Waals surface area contributed by atoms with E-state index in [1.165, 1.54) is 212 Å². The Balaban J connectivity index is 3.48. The number of amides is 1. The first-order chi connectivity index (χ1) is 27.2. The van der Waals surface area contributed by atoms with Crippen LogP contribution in [0.1, 0.15) is 264 Å². The second kappa shape index (κ2) is 47.0. The van der Waals surface area contributed by atoms with E-state index in [-0.39, 0.29) is 12.5 Å². The molecule has 1 amide bonds. The van der Waals surface area contributed by atoms with E-state index in [4.69, 9.17) is 0 Å². The minimum Gasteiger partial charge on any atom is -0.394 e. The average Bonchev–Trinajstić information content (AvgIpc) is 3.19. The lowest BCUT2D eigenvalue weighted by Gasteiger charge is -2.19. The van der Waals surface area contributed by atoms with Gasteiger partial charge in [0.05, 0.1) is 18.8 Å². The Kier molecular flexibility index (Phi) is 45.8. The predicted octanol–water partition coefficient (Wildman–Crippen LogP) is 15.7. The molecule has 0 aromatic heterocycles. The van der Waals surface area contributed by atoms with Crippen molar-refractivity contribution in [3.63, 3.8) is 0 Å². The number of carbonyl (C=O) groups is 1. The molecule has 0 fully saturated rings. The van der Waals surface area contributed by atoms with Crippen molar-refractivity contribution < 1.29 is 15.0 Å². The molecule has 55 heavy (non-hydrogen) atoms. The summed E-state index contributed by atoms with van der Waals surface area (Å²) in [7, 11) is 0. The van der Waals surface area contributed by atoms with Gasteiger partial charge in [-0.3, -0.25) is 4.79 Å². The van der Waals surface area contributed by atoms with E-state index in [2.05, 4.69) is 43.5 Å². The van der Waals surface area contributed by atoms with Crippen molar-refractivity contribution in [2.24, 2.45) is 0 Å². The minimum absolute atomic E-state index is 0.0712. The van der Waals surface area contributed by atoms with Crippen molar-refractivity contribution >= 4 is 5.91 Å². The van der Waals surface area contributed by atoms with Gasteiger partial charge in [-0.2, -0.15) is 0 Å². The van der Waals surface area contributed by atoms with Crippen molar-refractivity contribution in [1.82, 2.24) is 5.32 Å². The Hall–Kier alpha value is -1.39. The molecule has 0 spiro atoms. The summed E-state index contributed by atoms with van der Waals surface area (Å²) < 4.78 is 0. The highest BCUT2D eigenvalue weighted by molar-refractivity contribution is 5.76. The maximum Gasteiger partial charge on any atom is 0.220 e. The molecule has 0 saturated carbocycles. The van der Waals surface area contributed by atoms with E-state index in [0.29, 0.717) is 6.42 Å². The number of carbonyl (C=O) groups excluding carboxylic acids is 1. The van der Waals surface area contributed by atoms with Crippen molar-refractivity contribution in [3.05, 3.63) is 36.5 Å². The summed E-state index contributed by atoms with van der Waals surface area (Å²) in [6.07, 6.45) is 62.8. The third-order valence-corrected chi connectivity index (χ3v) is 11.3. The first kappa shape index (κ1) is 53.6. The lowest BCUT2D eigenvalue weighted by atomic mass is 10.0. The number of unbranched alkanes of at least 4 members (excludes halogenated alkanes) is 34. The number of rotatable bonds is 45. The average molecular weight is 772 g/mol. The first-order valence-electron chi connectivity index (χ1n) is 24.7. The van der Waals surface area contributed by atoms with Crippen LogP contribution in [0.4, 0.5) is 0 Å². The van der Waals surface area contributed by atoms with Gasteiger partial charge in [-0.05, 0) is 57.8 Å². The van der Waals surface area contributed by atoms with E-state index >= 15 is 0 Å². The fourth-order valence-corrected chi connectivity index (χ4v) is 7.54. The summed E-state index contributed by atoms with van der Waals surface area (Å²) in [6.45, 7) is 4.30. The number of aliphatic hydroxyl groups is 2. The Morgan fingerprint density at radius 3 is 1.05 bits per heavy atom. The Morgan fingerprint density at radius 2 is 0.709 bits per heavy atom. The van der Waals surface area contributed by atoms with E-state index in [1.54, 1.807) is 6.08 Å². The molecule has 0 aliphatic rings. The summed E-state index contributed by atoms with van der Waals surface area (Å²) in [5.74, 6) is -0.0712. The lowest BCUT2D eigenvalue weighted by Crippen LogP contribution is -2.45. The van der Waals surface area contributed by atoms with E-state index in [9.17, 15) is 15.0 Å². The van der Waals surface area contributed by atoms with Crippen LogP contribution < -0.4 is 5.32 Å².